The lowest BCUT2D eigenvalue weighted by Crippen LogP contribution is -2.12. The normalized spacial score (nSPS) is 11.7. The number of halogens is 1. The van der Waals surface area contributed by atoms with E-state index in [0.29, 0.717) is 22.2 Å². The molecule has 0 aromatic heterocycles. The number of anilines is 1. The Hall–Kier alpha value is -3.99. The minimum Gasteiger partial charge on any atom is -0.505 e. The highest BCUT2D eigenvalue weighted by atomic mass is 35.5. The van der Waals surface area contributed by atoms with Crippen LogP contribution in [0.1, 0.15) is 15.9 Å². The molecule has 9 nitrogen and oxygen atoms in total. The summed E-state index contributed by atoms with van der Waals surface area (Å²) in [5.74, 6) is -0.333. The van der Waals surface area contributed by atoms with Gasteiger partial charge in [-0.1, -0.05) is 35.9 Å². The lowest BCUT2D eigenvalue weighted by Gasteiger charge is -2.12. The number of azo groups is 1. The maximum absolute atomic E-state index is 13.0. The molecule has 36 heavy (non-hydrogen) atoms. The van der Waals surface area contributed by atoms with Gasteiger partial charge in [0.1, 0.15) is 17.1 Å². The van der Waals surface area contributed by atoms with Gasteiger partial charge in [-0.3, -0.25) is 9.35 Å². The van der Waals surface area contributed by atoms with Crippen molar-refractivity contribution in [3.8, 4) is 11.5 Å². The van der Waals surface area contributed by atoms with Crippen LogP contribution in [0.5, 0.6) is 11.5 Å². The molecule has 0 heterocycles. The predicted octanol–water partition coefficient (Wildman–Crippen LogP) is 6.43. The van der Waals surface area contributed by atoms with Gasteiger partial charge in [-0.05, 0) is 60.3 Å². The Bertz CT molecular complexity index is 1620. The highest BCUT2D eigenvalue weighted by Gasteiger charge is 2.20. The van der Waals surface area contributed by atoms with Crippen LogP contribution in [0.2, 0.25) is 5.02 Å². The van der Waals surface area contributed by atoms with E-state index < -0.39 is 21.8 Å². The summed E-state index contributed by atoms with van der Waals surface area (Å²) in [7, 11) is -2.93. The molecule has 0 spiro atoms. The summed E-state index contributed by atoms with van der Waals surface area (Å²) in [6, 6.07) is 17.7. The first-order valence-electron chi connectivity index (χ1n) is 10.5. The molecular formula is C25H20ClN3O6S. The molecule has 0 bridgehead atoms. The number of hydrogen-bond donors (Lipinski definition) is 3. The molecule has 0 unspecified atom stereocenters. The van der Waals surface area contributed by atoms with Gasteiger partial charge in [-0.25, -0.2) is 0 Å². The van der Waals surface area contributed by atoms with Crippen LogP contribution in [0.15, 0.2) is 81.9 Å². The summed E-state index contributed by atoms with van der Waals surface area (Å²) in [5.41, 5.74) is 0.705. The maximum atomic E-state index is 13.0. The maximum Gasteiger partial charge on any atom is 0.294 e. The number of fused-ring (bicyclic) bond motifs is 1. The molecule has 0 aliphatic heterocycles. The van der Waals surface area contributed by atoms with Gasteiger partial charge in [0.15, 0.2) is 5.75 Å². The van der Waals surface area contributed by atoms with Crippen molar-refractivity contribution in [1.29, 1.82) is 0 Å². The zero-order chi connectivity index (χ0) is 26.0. The molecule has 1 amide bonds. The van der Waals surface area contributed by atoms with E-state index >= 15 is 0 Å². The van der Waals surface area contributed by atoms with Gasteiger partial charge >= 0.3 is 0 Å². The highest BCUT2D eigenvalue weighted by Crippen LogP contribution is 2.41. The molecule has 0 saturated heterocycles. The fourth-order valence-electron chi connectivity index (χ4n) is 3.58. The summed E-state index contributed by atoms with van der Waals surface area (Å²) in [4.78, 5) is 12.7. The number of aromatic hydroxyl groups is 1. The van der Waals surface area contributed by atoms with Crippen molar-refractivity contribution in [2.24, 2.45) is 10.2 Å². The Morgan fingerprint density at radius 2 is 1.72 bits per heavy atom. The molecule has 11 heteroatoms. The molecule has 0 radical (unpaired) electrons. The lowest BCUT2D eigenvalue weighted by molar-refractivity contribution is 0.102. The molecule has 0 aliphatic carbocycles. The van der Waals surface area contributed by atoms with Crippen LogP contribution >= 0.6 is 11.6 Å². The van der Waals surface area contributed by atoms with E-state index in [1.807, 2.05) is 0 Å². The van der Waals surface area contributed by atoms with E-state index in [1.165, 1.54) is 20.1 Å². The van der Waals surface area contributed by atoms with Crippen molar-refractivity contribution >= 4 is 55.5 Å². The van der Waals surface area contributed by atoms with Crippen molar-refractivity contribution < 1.29 is 27.6 Å². The summed E-state index contributed by atoms with van der Waals surface area (Å²) >= 11 is 6.26. The van der Waals surface area contributed by atoms with E-state index in [0.717, 1.165) is 6.07 Å². The first-order valence-corrected chi connectivity index (χ1v) is 12.3. The number of carbonyl (C=O) groups is 1. The molecule has 0 saturated carbocycles. The Kier molecular flexibility index (Phi) is 6.93. The summed E-state index contributed by atoms with van der Waals surface area (Å²) in [6.45, 7) is 1.42. The Morgan fingerprint density at radius 3 is 2.39 bits per heavy atom. The van der Waals surface area contributed by atoms with E-state index in [9.17, 15) is 22.9 Å². The minimum absolute atomic E-state index is 0.0255. The highest BCUT2D eigenvalue weighted by molar-refractivity contribution is 7.85. The first-order chi connectivity index (χ1) is 17.1. The number of phenols is 1. The number of nitrogens with one attached hydrogen (secondary N) is 1. The van der Waals surface area contributed by atoms with Crippen LogP contribution < -0.4 is 10.1 Å². The number of nitrogens with zero attached hydrogens (tertiary/aromatic N) is 2. The molecule has 3 N–H and O–H groups in total. The molecular weight excluding hydrogens is 506 g/mol. The number of benzene rings is 4. The average molecular weight is 526 g/mol. The minimum atomic E-state index is -4.47. The van der Waals surface area contributed by atoms with Crippen LogP contribution in [0.3, 0.4) is 0 Å². The topological polar surface area (TPSA) is 138 Å². The van der Waals surface area contributed by atoms with Gasteiger partial charge in [0.05, 0.1) is 22.6 Å². The summed E-state index contributed by atoms with van der Waals surface area (Å²) < 4.78 is 37.5. The standard InChI is InChI=1S/C25H20ClN3O6S/c1-14-21(36(32,33)34)12-11-20(22(14)26)28-29-23-18-6-4-3-5-15(18)13-19(24(23)30)25(31)27-16-7-9-17(35-2)10-8-16/h3-13,30H,1-2H3,(H,27,31)(H,32,33,34). The molecule has 4 rings (SSSR count). The number of ether oxygens (including phenoxy) is 1. The fourth-order valence-corrected chi connectivity index (χ4v) is 4.57. The second kappa shape index (κ2) is 9.94. The second-order valence-electron chi connectivity index (χ2n) is 7.72. The number of hydrogen-bond acceptors (Lipinski definition) is 7. The van der Waals surface area contributed by atoms with Crippen LogP contribution in [0, 0.1) is 6.92 Å². The van der Waals surface area contributed by atoms with E-state index in [1.54, 1.807) is 54.6 Å². The number of carbonyl (C=O) groups excluding carboxylic acids is 1. The van der Waals surface area contributed by atoms with Crippen molar-refractivity contribution in [3.63, 3.8) is 0 Å². The third-order valence-corrected chi connectivity index (χ3v) is 6.91. The average Bonchev–Trinajstić information content (AvgIpc) is 2.85. The molecule has 4 aromatic rings. The third kappa shape index (κ3) is 5.01. The zero-order valence-electron chi connectivity index (χ0n) is 19.1. The fraction of sp³-hybridized carbons (Fsp3) is 0.0800. The largest absolute Gasteiger partial charge is 0.505 e. The molecule has 4 aromatic carbocycles. The van der Waals surface area contributed by atoms with E-state index in [-0.39, 0.29) is 32.4 Å². The summed E-state index contributed by atoms with van der Waals surface area (Å²) in [5, 5.41) is 23.1. The Morgan fingerprint density at radius 1 is 1.03 bits per heavy atom. The number of rotatable bonds is 6. The van der Waals surface area contributed by atoms with Crippen molar-refractivity contribution in [2.45, 2.75) is 11.8 Å². The molecule has 184 valence electrons. The smallest absolute Gasteiger partial charge is 0.294 e. The molecule has 0 fully saturated rings. The van der Waals surface area contributed by atoms with Crippen molar-refractivity contribution in [2.75, 3.05) is 12.4 Å². The van der Waals surface area contributed by atoms with Crippen molar-refractivity contribution in [3.05, 3.63) is 82.9 Å². The SMILES string of the molecule is COc1ccc(NC(=O)c2cc3ccccc3c(N=Nc3ccc(S(=O)(=O)O)c(C)c3Cl)c2O)cc1. The first kappa shape index (κ1) is 25.1. The summed E-state index contributed by atoms with van der Waals surface area (Å²) in [6.07, 6.45) is 0. The van der Waals surface area contributed by atoms with E-state index in [2.05, 4.69) is 15.5 Å². The van der Waals surface area contributed by atoms with Gasteiger partial charge in [0, 0.05) is 11.1 Å². The van der Waals surface area contributed by atoms with Gasteiger partial charge in [-0.15, -0.1) is 10.2 Å². The quantitative estimate of drug-likeness (QED) is 0.196. The molecule has 0 atom stereocenters. The third-order valence-electron chi connectivity index (χ3n) is 5.44. The lowest BCUT2D eigenvalue weighted by atomic mass is 10.0. The van der Waals surface area contributed by atoms with Crippen molar-refractivity contribution in [1.82, 2.24) is 0 Å². The zero-order valence-corrected chi connectivity index (χ0v) is 20.6. The number of amides is 1. The van der Waals surface area contributed by atoms with Gasteiger partial charge in [0.2, 0.25) is 0 Å². The van der Waals surface area contributed by atoms with Crippen LogP contribution in [0.4, 0.5) is 17.1 Å². The van der Waals surface area contributed by atoms with E-state index in [4.69, 9.17) is 16.3 Å². The molecule has 0 aliphatic rings. The van der Waals surface area contributed by atoms with Crippen LogP contribution in [-0.4, -0.2) is 31.1 Å². The van der Waals surface area contributed by atoms with Crippen LogP contribution in [0.25, 0.3) is 10.8 Å². The van der Waals surface area contributed by atoms with Gasteiger partial charge in [-0.2, -0.15) is 8.42 Å². The van der Waals surface area contributed by atoms with Crippen LogP contribution in [-0.2, 0) is 10.1 Å². The number of methoxy groups -OCH3 is 1. The monoisotopic (exact) mass is 525 g/mol. The second-order valence-corrected chi connectivity index (χ2v) is 9.49. The predicted molar refractivity (Wildman–Crippen MR) is 137 cm³/mol. The Labute approximate surface area is 211 Å². The number of phenolic OH excluding ortho intramolecular Hbond substituents is 1. The van der Waals surface area contributed by atoms with Gasteiger partial charge < -0.3 is 15.2 Å². The Balaban J connectivity index is 1.76. The van der Waals surface area contributed by atoms with Gasteiger partial charge in [0.25, 0.3) is 16.0 Å².